The van der Waals surface area contributed by atoms with Gasteiger partial charge in [-0.15, -0.1) is 0 Å². The predicted molar refractivity (Wildman–Crippen MR) is 151 cm³/mol. The lowest BCUT2D eigenvalue weighted by atomic mass is 10.0. The Kier molecular flexibility index (Phi) is 12.2. The Bertz CT molecular complexity index is 973. The molecule has 0 spiro atoms. The van der Waals surface area contributed by atoms with Gasteiger partial charge in [-0.25, -0.2) is 9.59 Å². The molecule has 0 aliphatic rings. The van der Waals surface area contributed by atoms with Crippen molar-refractivity contribution >= 4 is 23.0 Å². The Labute approximate surface area is 223 Å². The lowest BCUT2D eigenvalue weighted by Gasteiger charge is -2.27. The van der Waals surface area contributed by atoms with Crippen LogP contribution in [0.4, 0.5) is 9.59 Å². The van der Waals surface area contributed by atoms with Gasteiger partial charge in [0.2, 0.25) is 0 Å². The zero-order chi connectivity index (χ0) is 27.3. The molecule has 2 rings (SSSR count). The van der Waals surface area contributed by atoms with Crippen LogP contribution in [-0.4, -0.2) is 61.0 Å². The van der Waals surface area contributed by atoms with Crippen LogP contribution in [0.5, 0.6) is 0 Å². The van der Waals surface area contributed by atoms with Gasteiger partial charge in [-0.05, 0) is 103 Å². The summed E-state index contributed by atoms with van der Waals surface area (Å²) in [5.41, 5.74) is 0.321. The summed E-state index contributed by atoms with van der Waals surface area (Å²) in [4.78, 5) is 26.3. The fourth-order valence-electron chi connectivity index (χ4n) is 3.96. The Morgan fingerprint density at radius 2 is 1.38 bits per heavy atom. The van der Waals surface area contributed by atoms with E-state index in [9.17, 15) is 9.59 Å². The molecule has 0 aliphatic carbocycles. The van der Waals surface area contributed by atoms with Crippen molar-refractivity contribution in [1.29, 1.82) is 0 Å². The zero-order valence-corrected chi connectivity index (χ0v) is 23.7. The molecule has 0 atom stereocenters. The van der Waals surface area contributed by atoms with Gasteiger partial charge in [0.05, 0.1) is 0 Å². The Morgan fingerprint density at radius 3 is 2.05 bits per heavy atom. The first kappa shape index (κ1) is 30.4. The number of hydrogen-bond donors (Lipinski definition) is 2. The molecule has 0 heterocycles. The van der Waals surface area contributed by atoms with E-state index in [1.54, 1.807) is 4.90 Å². The molecule has 206 valence electrons. The molecule has 2 N–H and O–H groups in total. The number of amides is 2. The molecule has 2 aromatic rings. The normalized spacial score (nSPS) is 11.8. The minimum atomic E-state index is -0.531. The van der Waals surface area contributed by atoms with Gasteiger partial charge in [0.25, 0.3) is 0 Å². The third-order valence-corrected chi connectivity index (χ3v) is 5.66. The molecule has 2 amide bonds. The average Bonchev–Trinajstić information content (AvgIpc) is 2.79. The maximum absolute atomic E-state index is 12.7. The average molecular weight is 514 g/mol. The minimum absolute atomic E-state index is 0.281. The number of alkyl carbamates (subject to hydrolysis) is 1. The number of carbonyl (C=O) groups excluding carboxylic acids is 2. The number of carbonyl (C=O) groups is 2. The molecule has 0 saturated heterocycles. The molecule has 0 radical (unpaired) electrons. The minimum Gasteiger partial charge on any atom is -0.444 e. The highest BCUT2D eigenvalue weighted by Crippen LogP contribution is 2.18. The van der Waals surface area contributed by atoms with Crippen LogP contribution in [0.2, 0.25) is 0 Å². The molecule has 2 aromatic carbocycles. The maximum Gasteiger partial charge on any atom is 0.410 e. The number of rotatable bonds is 13. The maximum atomic E-state index is 12.7. The van der Waals surface area contributed by atoms with E-state index >= 15 is 0 Å². The summed E-state index contributed by atoms with van der Waals surface area (Å²) < 4.78 is 10.9. The topological polar surface area (TPSA) is 79.9 Å². The summed E-state index contributed by atoms with van der Waals surface area (Å²) >= 11 is 0. The number of nitrogens with one attached hydrogen (secondary N) is 2. The van der Waals surface area contributed by atoms with Crippen molar-refractivity contribution < 1.29 is 19.1 Å². The van der Waals surface area contributed by atoms with Gasteiger partial charge in [-0.1, -0.05) is 42.5 Å². The standard InChI is InChI=1S/C30H47N3O4/c1-29(2,3)36-27(34)32-20-10-12-23-33(28(35)37-30(4,5)6)22-11-9-19-31-21-18-25-16-13-15-24-14-7-8-17-26(24)25/h7-8,13-17,31H,9-12,18-23H2,1-6H3,(H,32,34). The smallest absolute Gasteiger partial charge is 0.410 e. The molecule has 0 fully saturated rings. The van der Waals surface area contributed by atoms with Gasteiger partial charge < -0.3 is 25.0 Å². The number of unbranched alkanes of at least 4 members (excludes halogenated alkanes) is 2. The largest absolute Gasteiger partial charge is 0.444 e. The van der Waals surface area contributed by atoms with E-state index in [-0.39, 0.29) is 6.09 Å². The van der Waals surface area contributed by atoms with Crippen molar-refractivity contribution in [1.82, 2.24) is 15.5 Å². The van der Waals surface area contributed by atoms with E-state index in [1.165, 1.54) is 16.3 Å². The van der Waals surface area contributed by atoms with Gasteiger partial charge in [0.1, 0.15) is 11.2 Å². The molecule has 7 heteroatoms. The number of ether oxygens (including phenoxy) is 2. The van der Waals surface area contributed by atoms with Crippen LogP contribution in [0, 0.1) is 0 Å². The molecule has 0 saturated carbocycles. The first-order chi connectivity index (χ1) is 17.4. The first-order valence-electron chi connectivity index (χ1n) is 13.6. The van der Waals surface area contributed by atoms with Crippen LogP contribution in [0.25, 0.3) is 10.8 Å². The second-order valence-electron chi connectivity index (χ2n) is 11.4. The summed E-state index contributed by atoms with van der Waals surface area (Å²) in [7, 11) is 0. The molecule has 37 heavy (non-hydrogen) atoms. The van der Waals surface area contributed by atoms with Gasteiger partial charge in [0, 0.05) is 19.6 Å². The van der Waals surface area contributed by atoms with Crippen LogP contribution in [0.3, 0.4) is 0 Å². The number of benzene rings is 2. The quantitative estimate of drug-likeness (QED) is 0.308. The van der Waals surface area contributed by atoms with Crippen LogP contribution in [0.1, 0.15) is 72.8 Å². The fraction of sp³-hybridized carbons (Fsp3) is 0.600. The van der Waals surface area contributed by atoms with E-state index in [0.29, 0.717) is 19.6 Å². The lowest BCUT2D eigenvalue weighted by molar-refractivity contribution is 0.0242. The Morgan fingerprint density at radius 1 is 0.757 bits per heavy atom. The second kappa shape index (κ2) is 14.8. The van der Waals surface area contributed by atoms with Crippen molar-refractivity contribution in [2.24, 2.45) is 0 Å². The van der Waals surface area contributed by atoms with E-state index in [1.807, 2.05) is 41.5 Å². The molecular weight excluding hydrogens is 466 g/mol. The highest BCUT2D eigenvalue weighted by atomic mass is 16.6. The molecule has 0 unspecified atom stereocenters. The van der Waals surface area contributed by atoms with E-state index in [2.05, 4.69) is 53.1 Å². The van der Waals surface area contributed by atoms with E-state index in [0.717, 1.165) is 45.2 Å². The summed E-state index contributed by atoms with van der Waals surface area (Å²) in [6.07, 6.45) is 3.71. The van der Waals surface area contributed by atoms with Crippen molar-refractivity contribution in [3.8, 4) is 0 Å². The van der Waals surface area contributed by atoms with E-state index < -0.39 is 17.3 Å². The van der Waals surface area contributed by atoms with Crippen molar-refractivity contribution in [3.63, 3.8) is 0 Å². The summed E-state index contributed by atoms with van der Waals surface area (Å²) in [6.45, 7) is 14.8. The third-order valence-electron chi connectivity index (χ3n) is 5.66. The van der Waals surface area contributed by atoms with Crippen molar-refractivity contribution in [2.75, 3.05) is 32.7 Å². The SMILES string of the molecule is CC(C)(C)OC(=O)NCCCCN(CCCCNCCc1cccc2ccccc12)C(=O)OC(C)(C)C. The van der Waals surface area contributed by atoms with Crippen LogP contribution >= 0.6 is 0 Å². The summed E-state index contributed by atoms with van der Waals surface area (Å²) in [6, 6.07) is 15.0. The molecule has 0 bridgehead atoms. The van der Waals surface area contributed by atoms with Gasteiger partial charge in [0.15, 0.2) is 0 Å². The summed E-state index contributed by atoms with van der Waals surface area (Å²) in [5.74, 6) is 0. The lowest BCUT2D eigenvalue weighted by Crippen LogP contribution is -2.38. The van der Waals surface area contributed by atoms with Crippen LogP contribution < -0.4 is 10.6 Å². The fourth-order valence-corrected chi connectivity index (χ4v) is 3.96. The Balaban J connectivity index is 1.69. The number of nitrogens with zero attached hydrogens (tertiary/aromatic N) is 1. The highest BCUT2D eigenvalue weighted by molar-refractivity contribution is 5.85. The third kappa shape index (κ3) is 12.8. The van der Waals surface area contributed by atoms with Gasteiger partial charge in [-0.2, -0.15) is 0 Å². The molecule has 7 nitrogen and oxygen atoms in total. The van der Waals surface area contributed by atoms with Gasteiger partial charge in [-0.3, -0.25) is 0 Å². The zero-order valence-electron chi connectivity index (χ0n) is 23.7. The van der Waals surface area contributed by atoms with Gasteiger partial charge >= 0.3 is 12.2 Å². The molecule has 0 aromatic heterocycles. The summed E-state index contributed by atoms with van der Waals surface area (Å²) in [5, 5.41) is 8.91. The van der Waals surface area contributed by atoms with Crippen molar-refractivity contribution in [2.45, 2.75) is 84.8 Å². The highest BCUT2D eigenvalue weighted by Gasteiger charge is 2.21. The molecule has 0 aliphatic heterocycles. The van der Waals surface area contributed by atoms with E-state index in [4.69, 9.17) is 9.47 Å². The first-order valence-corrected chi connectivity index (χ1v) is 13.6. The van der Waals surface area contributed by atoms with Crippen molar-refractivity contribution in [3.05, 3.63) is 48.0 Å². The Hall–Kier alpha value is -2.80. The van der Waals surface area contributed by atoms with Crippen LogP contribution in [0.15, 0.2) is 42.5 Å². The monoisotopic (exact) mass is 513 g/mol. The molecular formula is C30H47N3O4. The number of hydrogen-bond acceptors (Lipinski definition) is 5. The van der Waals surface area contributed by atoms with Crippen LogP contribution in [-0.2, 0) is 15.9 Å². The second-order valence-corrected chi connectivity index (χ2v) is 11.4. The number of fused-ring (bicyclic) bond motifs is 1. The predicted octanol–water partition coefficient (Wildman–Crippen LogP) is 6.29.